The van der Waals surface area contributed by atoms with Crippen LogP contribution < -0.4 is 10.6 Å². The quantitative estimate of drug-likeness (QED) is 0.470. The third-order valence-corrected chi connectivity index (χ3v) is 4.84. The molecule has 3 heterocycles. The lowest BCUT2D eigenvalue weighted by atomic mass is 10.1. The van der Waals surface area contributed by atoms with E-state index >= 15 is 0 Å². The second-order valence-electron chi connectivity index (χ2n) is 7.30. The van der Waals surface area contributed by atoms with Gasteiger partial charge in [-0.05, 0) is 34.4 Å². The van der Waals surface area contributed by atoms with Crippen LogP contribution in [-0.4, -0.2) is 57.9 Å². The number of hydrogen-bond donors (Lipinski definition) is 2. The van der Waals surface area contributed by atoms with E-state index in [-0.39, 0.29) is 17.0 Å². The van der Waals surface area contributed by atoms with Crippen molar-refractivity contribution in [2.75, 3.05) is 18.4 Å². The Balaban J connectivity index is 1.77. The molecule has 0 spiro atoms. The van der Waals surface area contributed by atoms with E-state index in [0.29, 0.717) is 17.8 Å². The van der Waals surface area contributed by atoms with Crippen molar-refractivity contribution in [1.29, 1.82) is 0 Å². The van der Waals surface area contributed by atoms with Gasteiger partial charge in [-0.1, -0.05) is 0 Å². The van der Waals surface area contributed by atoms with Gasteiger partial charge in [0.15, 0.2) is 11.5 Å². The summed E-state index contributed by atoms with van der Waals surface area (Å²) in [6.45, 7) is 13.0. The van der Waals surface area contributed by atoms with E-state index in [4.69, 9.17) is 0 Å². The molecule has 1 amide bonds. The second kappa shape index (κ2) is 8.52. The zero-order valence-corrected chi connectivity index (χ0v) is 17.1. The normalized spacial score (nSPS) is 20.8. The number of rotatable bonds is 4. The molecule has 1 fully saturated rings. The maximum Gasteiger partial charge on any atom is 0.275 e. The van der Waals surface area contributed by atoms with Gasteiger partial charge in [0.25, 0.3) is 5.91 Å². The number of nitrogens with zero attached hydrogens (tertiary/aromatic N) is 5. The van der Waals surface area contributed by atoms with Gasteiger partial charge in [-0.2, -0.15) is 0 Å². The van der Waals surface area contributed by atoms with Crippen molar-refractivity contribution in [3.63, 3.8) is 0 Å². The molecule has 2 aromatic heterocycles. The molecular formula is C20H26FN7O. The first-order valence-electron chi connectivity index (χ1n) is 9.46. The highest BCUT2D eigenvalue weighted by Crippen LogP contribution is 2.17. The number of carbonyl (C=O) groups is 1. The predicted molar refractivity (Wildman–Crippen MR) is 113 cm³/mol. The minimum Gasteiger partial charge on any atom is -0.355 e. The number of carbonyl (C=O) groups excluding carboxylic acids is 1. The highest BCUT2D eigenvalue weighted by atomic mass is 19.1. The van der Waals surface area contributed by atoms with E-state index in [0.717, 1.165) is 18.9 Å². The largest absolute Gasteiger partial charge is 0.355 e. The van der Waals surface area contributed by atoms with Crippen LogP contribution in [0.5, 0.6) is 0 Å². The summed E-state index contributed by atoms with van der Waals surface area (Å²) in [6, 6.07) is 1.88. The van der Waals surface area contributed by atoms with Crippen LogP contribution in [0.4, 0.5) is 10.1 Å². The molecule has 0 radical (unpaired) electrons. The van der Waals surface area contributed by atoms with Crippen molar-refractivity contribution in [1.82, 2.24) is 19.6 Å². The molecule has 3 rings (SSSR count). The number of halogens is 1. The number of nitrogens with one attached hydrogen (secondary N) is 2. The second-order valence-corrected chi connectivity index (χ2v) is 7.30. The molecule has 29 heavy (non-hydrogen) atoms. The number of piperazine rings is 1. The molecule has 9 heteroatoms. The molecule has 2 atom stereocenters. The number of amides is 1. The number of aromatic nitrogens is 2. The van der Waals surface area contributed by atoms with Crippen LogP contribution in [0.2, 0.25) is 0 Å². The summed E-state index contributed by atoms with van der Waals surface area (Å²) in [4.78, 5) is 27.0. The fourth-order valence-electron chi connectivity index (χ4n) is 3.32. The van der Waals surface area contributed by atoms with Crippen molar-refractivity contribution in [3.05, 3.63) is 41.9 Å². The standard InChI is InChI=1S/C20H26FN7O/c1-12-10-28(14(3)7-23-12)15(4)24-8-18(22-5)20(29)26-16-6-17(21)19-25-13(2)9-27(19)11-16/h6,8-9,11-12,14,23H,5,7,10H2,1-4H3,(H,26,29)/b18-8-,24-15+. The van der Waals surface area contributed by atoms with E-state index in [9.17, 15) is 9.18 Å². The van der Waals surface area contributed by atoms with Crippen molar-refractivity contribution >= 4 is 29.8 Å². The van der Waals surface area contributed by atoms with Crippen molar-refractivity contribution in [2.24, 2.45) is 9.98 Å². The minimum absolute atomic E-state index is 0.0440. The van der Waals surface area contributed by atoms with Gasteiger partial charge in [0, 0.05) is 43.6 Å². The molecule has 154 valence electrons. The van der Waals surface area contributed by atoms with E-state index in [1.807, 2.05) is 6.92 Å². The van der Waals surface area contributed by atoms with Gasteiger partial charge >= 0.3 is 0 Å². The van der Waals surface area contributed by atoms with E-state index < -0.39 is 11.7 Å². The van der Waals surface area contributed by atoms with Crippen molar-refractivity contribution in [2.45, 2.75) is 39.8 Å². The number of aryl methyl sites for hydroxylation is 1. The number of fused-ring (bicyclic) bond motifs is 1. The van der Waals surface area contributed by atoms with Gasteiger partial charge in [0.05, 0.1) is 17.6 Å². The Morgan fingerprint density at radius 2 is 2.21 bits per heavy atom. The van der Waals surface area contributed by atoms with Crippen LogP contribution in [0.15, 0.2) is 40.3 Å². The summed E-state index contributed by atoms with van der Waals surface area (Å²) < 4.78 is 15.7. The molecule has 2 aromatic rings. The Kier molecular flexibility index (Phi) is 6.07. The Morgan fingerprint density at radius 3 is 2.93 bits per heavy atom. The molecular weight excluding hydrogens is 373 g/mol. The molecule has 0 aromatic carbocycles. The smallest absolute Gasteiger partial charge is 0.275 e. The number of aliphatic imine (C=N–C) groups is 2. The van der Waals surface area contributed by atoms with Crippen LogP contribution in [0, 0.1) is 12.7 Å². The van der Waals surface area contributed by atoms with Crippen LogP contribution in [0.1, 0.15) is 26.5 Å². The number of amidine groups is 1. The number of imidazole rings is 1. The minimum atomic E-state index is -0.524. The van der Waals surface area contributed by atoms with Crippen molar-refractivity contribution < 1.29 is 9.18 Å². The summed E-state index contributed by atoms with van der Waals surface area (Å²) in [7, 11) is 0. The first-order chi connectivity index (χ1) is 13.8. The summed E-state index contributed by atoms with van der Waals surface area (Å²) in [5, 5.41) is 6.05. The van der Waals surface area contributed by atoms with E-state index in [1.165, 1.54) is 16.7 Å². The maximum absolute atomic E-state index is 14.2. The van der Waals surface area contributed by atoms with Crippen LogP contribution in [-0.2, 0) is 4.79 Å². The summed E-state index contributed by atoms with van der Waals surface area (Å²) >= 11 is 0. The molecule has 1 aliphatic heterocycles. The highest BCUT2D eigenvalue weighted by Gasteiger charge is 2.23. The lowest BCUT2D eigenvalue weighted by Crippen LogP contribution is -2.55. The van der Waals surface area contributed by atoms with Crippen LogP contribution >= 0.6 is 0 Å². The Hall–Kier alpha value is -3.07. The third-order valence-electron chi connectivity index (χ3n) is 4.84. The SMILES string of the molecule is C=N/C(=C\N=C(/C)N1CC(C)NCC1C)C(=O)Nc1cc(F)c2nc(C)cn2c1. The molecule has 8 nitrogen and oxygen atoms in total. The molecule has 1 aliphatic rings. The van der Waals surface area contributed by atoms with E-state index in [2.05, 4.69) is 51.1 Å². The van der Waals surface area contributed by atoms with Gasteiger partial charge in [0.1, 0.15) is 11.5 Å². The molecule has 2 unspecified atom stereocenters. The lowest BCUT2D eigenvalue weighted by molar-refractivity contribution is -0.112. The van der Waals surface area contributed by atoms with Gasteiger partial charge in [-0.15, -0.1) is 0 Å². The van der Waals surface area contributed by atoms with Crippen LogP contribution in [0.3, 0.4) is 0 Å². The van der Waals surface area contributed by atoms with Crippen molar-refractivity contribution in [3.8, 4) is 0 Å². The average molecular weight is 399 g/mol. The lowest BCUT2D eigenvalue weighted by Gasteiger charge is -2.38. The summed E-state index contributed by atoms with van der Waals surface area (Å²) in [5.41, 5.74) is 1.22. The zero-order valence-electron chi connectivity index (χ0n) is 17.1. The number of pyridine rings is 1. The summed E-state index contributed by atoms with van der Waals surface area (Å²) in [6.07, 6.45) is 4.66. The average Bonchev–Trinajstić information content (AvgIpc) is 3.04. The molecule has 2 N–H and O–H groups in total. The summed E-state index contributed by atoms with van der Waals surface area (Å²) in [5.74, 6) is -0.251. The predicted octanol–water partition coefficient (Wildman–Crippen LogP) is 2.36. The monoisotopic (exact) mass is 399 g/mol. The van der Waals surface area contributed by atoms with Gasteiger partial charge < -0.3 is 19.9 Å². The van der Waals surface area contributed by atoms with Crippen LogP contribution in [0.25, 0.3) is 5.65 Å². The van der Waals surface area contributed by atoms with E-state index in [1.54, 1.807) is 19.3 Å². The fraction of sp³-hybridized carbons (Fsp3) is 0.400. The van der Waals surface area contributed by atoms with Gasteiger partial charge in [0.2, 0.25) is 0 Å². The first-order valence-corrected chi connectivity index (χ1v) is 9.46. The maximum atomic E-state index is 14.2. The molecule has 0 saturated carbocycles. The molecule has 0 aliphatic carbocycles. The van der Waals surface area contributed by atoms with Gasteiger partial charge in [-0.25, -0.2) is 14.4 Å². The Labute approximate surface area is 169 Å². The third kappa shape index (κ3) is 4.68. The van der Waals surface area contributed by atoms with Gasteiger partial charge in [-0.3, -0.25) is 9.79 Å². The number of anilines is 1. The number of hydrogen-bond acceptors (Lipinski definition) is 5. The molecule has 1 saturated heterocycles. The Bertz CT molecular complexity index is 994. The fourth-order valence-corrected chi connectivity index (χ4v) is 3.32. The first kappa shape index (κ1) is 20.7. The Morgan fingerprint density at radius 1 is 1.45 bits per heavy atom. The zero-order chi connectivity index (χ0) is 21.1. The molecule has 0 bridgehead atoms. The highest BCUT2D eigenvalue weighted by molar-refractivity contribution is 6.04. The topological polar surface area (TPSA) is 86.4 Å².